The highest BCUT2D eigenvalue weighted by Crippen LogP contribution is 2.66. The minimum Gasteiger partial charge on any atom is -0.489 e. The molecule has 3 aliphatic heterocycles. The zero-order valence-corrected chi connectivity index (χ0v) is 32.4. The quantitative estimate of drug-likeness (QED) is 0.220. The Kier molecular flexibility index (Phi) is 8.90. The summed E-state index contributed by atoms with van der Waals surface area (Å²) in [6.45, 7) is 3.69. The van der Waals surface area contributed by atoms with Gasteiger partial charge in [-0.05, 0) is 98.0 Å². The predicted octanol–water partition coefficient (Wildman–Crippen LogP) is 6.51. The fraction of sp³-hybridized carbons (Fsp3) is 0.488. The summed E-state index contributed by atoms with van der Waals surface area (Å²) in [5.74, 6) is 1.24. The minimum atomic E-state index is -3.99. The van der Waals surface area contributed by atoms with Crippen LogP contribution in [0.5, 0.6) is 5.75 Å². The predicted molar refractivity (Wildman–Crippen MR) is 210 cm³/mol. The lowest BCUT2D eigenvalue weighted by molar-refractivity contribution is -0.142. The van der Waals surface area contributed by atoms with Gasteiger partial charge in [-0.15, -0.1) is 0 Å². The van der Waals surface area contributed by atoms with Crippen LogP contribution in [0.3, 0.4) is 0 Å². The maximum Gasteiger partial charge on any atom is 0.303 e. The molecule has 1 N–H and O–H groups in total. The largest absolute Gasteiger partial charge is 0.489 e. The molecule has 2 amide bonds. The topological polar surface area (TPSA) is 104 Å². The van der Waals surface area contributed by atoms with Crippen molar-refractivity contribution >= 4 is 32.9 Å². The number of fused-ring (bicyclic) bond motifs is 8. The zero-order valence-electron chi connectivity index (χ0n) is 31.6. The van der Waals surface area contributed by atoms with Gasteiger partial charge in [-0.1, -0.05) is 55.7 Å². The Bertz CT molecular complexity index is 2230. The van der Waals surface area contributed by atoms with Gasteiger partial charge in [0.1, 0.15) is 12.4 Å². The van der Waals surface area contributed by atoms with E-state index < -0.39 is 21.5 Å². The molecule has 0 bridgehead atoms. The number of aromatic nitrogens is 1. The molecule has 284 valence electrons. The van der Waals surface area contributed by atoms with Crippen LogP contribution in [0.2, 0.25) is 0 Å². The molecule has 54 heavy (non-hydrogen) atoms. The Morgan fingerprint density at radius 3 is 2.52 bits per heavy atom. The maximum absolute atomic E-state index is 15.3. The second kappa shape index (κ2) is 13.5. The second-order valence-corrected chi connectivity index (χ2v) is 18.6. The lowest BCUT2D eigenvalue weighted by Crippen LogP contribution is -2.52. The molecule has 3 aromatic carbocycles. The first-order valence-electron chi connectivity index (χ1n) is 19.8. The van der Waals surface area contributed by atoms with Crippen LogP contribution in [-0.4, -0.2) is 85.7 Å². The molecule has 9 rings (SSSR count). The van der Waals surface area contributed by atoms with E-state index in [1.54, 1.807) is 6.07 Å². The van der Waals surface area contributed by atoms with E-state index in [1.807, 2.05) is 30.3 Å². The molecule has 2 aliphatic carbocycles. The summed E-state index contributed by atoms with van der Waals surface area (Å²) < 4.78 is 37.4. The highest BCUT2D eigenvalue weighted by atomic mass is 32.2. The lowest BCUT2D eigenvalue weighted by atomic mass is 9.81. The first kappa shape index (κ1) is 35.5. The Morgan fingerprint density at radius 2 is 1.74 bits per heavy atom. The van der Waals surface area contributed by atoms with Crippen molar-refractivity contribution < 1.29 is 22.7 Å². The van der Waals surface area contributed by atoms with Crippen molar-refractivity contribution in [2.45, 2.75) is 82.4 Å². The number of rotatable bonds is 8. The van der Waals surface area contributed by atoms with Gasteiger partial charge in [0.2, 0.25) is 5.91 Å². The first-order valence-corrected chi connectivity index (χ1v) is 21.2. The van der Waals surface area contributed by atoms with Crippen molar-refractivity contribution in [2.24, 2.45) is 11.3 Å². The van der Waals surface area contributed by atoms with E-state index in [4.69, 9.17) is 4.74 Å². The lowest BCUT2D eigenvalue weighted by Gasteiger charge is -2.39. The van der Waals surface area contributed by atoms with E-state index in [1.165, 1.54) is 31.6 Å². The molecule has 2 saturated heterocycles. The van der Waals surface area contributed by atoms with E-state index in [9.17, 15) is 13.2 Å². The number of benzene rings is 3. The minimum absolute atomic E-state index is 0.0330. The van der Waals surface area contributed by atoms with Gasteiger partial charge in [-0.3, -0.25) is 9.59 Å². The first-order chi connectivity index (χ1) is 26.0. The van der Waals surface area contributed by atoms with Crippen molar-refractivity contribution in [1.29, 1.82) is 0 Å². The van der Waals surface area contributed by atoms with Gasteiger partial charge >= 0.3 is 10.2 Å². The van der Waals surface area contributed by atoms with Crippen LogP contribution in [0.1, 0.15) is 90.3 Å². The summed E-state index contributed by atoms with van der Waals surface area (Å²) in [5, 5.41) is 1.08. The molecule has 0 radical (unpaired) electrons. The maximum atomic E-state index is 15.3. The van der Waals surface area contributed by atoms with Crippen molar-refractivity contribution in [3.05, 3.63) is 89.0 Å². The smallest absolute Gasteiger partial charge is 0.303 e. The van der Waals surface area contributed by atoms with Crippen molar-refractivity contribution in [1.82, 2.24) is 23.4 Å². The third-order valence-corrected chi connectivity index (χ3v) is 14.6. The van der Waals surface area contributed by atoms with Crippen molar-refractivity contribution in [3.8, 4) is 17.0 Å². The number of hydrogen-bond acceptors (Lipinski definition) is 6. The molecule has 4 atom stereocenters. The average molecular weight is 750 g/mol. The van der Waals surface area contributed by atoms with Crippen LogP contribution < -0.4 is 9.46 Å². The van der Waals surface area contributed by atoms with Crippen LogP contribution in [0.15, 0.2) is 66.7 Å². The number of nitrogens with zero attached hydrogens (tertiary/aromatic N) is 4. The van der Waals surface area contributed by atoms with E-state index in [0.717, 1.165) is 102 Å². The van der Waals surface area contributed by atoms with Crippen LogP contribution in [-0.2, 0) is 28.2 Å². The van der Waals surface area contributed by atoms with Crippen LogP contribution in [0, 0.1) is 11.3 Å². The van der Waals surface area contributed by atoms with E-state index in [0.29, 0.717) is 25.0 Å². The fourth-order valence-electron chi connectivity index (χ4n) is 10.3. The van der Waals surface area contributed by atoms with E-state index in [2.05, 4.69) is 56.5 Å². The Labute approximate surface area is 318 Å². The van der Waals surface area contributed by atoms with Crippen molar-refractivity contribution in [2.75, 3.05) is 40.8 Å². The molecule has 4 heterocycles. The SMILES string of the molecule is CN1CC2CCCN(C(=O)C34CC3c3cc(OCc5ccccc5)ccc3-c3c(C5CCCCC5)c5ccc(C(=O)NS(=O)(=O)N(C)C)cc5n3C4)C2C1. The number of carbonyl (C=O) groups is 2. The van der Waals surface area contributed by atoms with Gasteiger partial charge in [-0.25, -0.2) is 4.72 Å². The average Bonchev–Trinajstić information content (AvgIpc) is 3.68. The van der Waals surface area contributed by atoms with Gasteiger partial charge in [0.05, 0.1) is 11.1 Å². The van der Waals surface area contributed by atoms with Crippen LogP contribution >= 0.6 is 0 Å². The number of ether oxygens (including phenoxy) is 1. The summed E-state index contributed by atoms with van der Waals surface area (Å²) in [5.41, 5.74) is 6.35. The molecule has 11 heteroatoms. The van der Waals surface area contributed by atoms with Gasteiger partial charge in [0, 0.05) is 74.3 Å². The highest BCUT2D eigenvalue weighted by molar-refractivity contribution is 7.87. The summed E-state index contributed by atoms with van der Waals surface area (Å²) in [6.07, 6.45) is 8.65. The highest BCUT2D eigenvalue weighted by Gasteiger charge is 2.65. The van der Waals surface area contributed by atoms with Crippen LogP contribution in [0.25, 0.3) is 22.2 Å². The Balaban J connectivity index is 1.20. The third kappa shape index (κ3) is 6.03. The van der Waals surface area contributed by atoms with Crippen molar-refractivity contribution in [3.63, 3.8) is 0 Å². The molecule has 2 saturated carbocycles. The normalized spacial score (nSPS) is 25.4. The van der Waals surface area contributed by atoms with Gasteiger partial charge in [-0.2, -0.15) is 12.7 Å². The standard InChI is InChI=1S/C43H51N5O5S/c1-45(2)54(51,52)44-41(49)30-16-18-34-37(21-30)48-27-43(42(50)47-20-10-15-31-24-46(3)25-38(31)47)23-36(43)35-22-32(53-26-28-11-6-4-7-12-28)17-19-33(35)40(48)39(34)29-13-8-5-9-14-29/h4,6-7,11-12,16-19,21-22,29,31,36,38H,5,8-10,13-15,20,23-27H2,1-3H3,(H,44,49). The molecule has 4 fully saturated rings. The number of amides is 2. The summed E-state index contributed by atoms with van der Waals surface area (Å²) in [7, 11) is 0.976. The van der Waals surface area contributed by atoms with E-state index >= 15 is 4.79 Å². The number of nitrogens with one attached hydrogen (secondary N) is 1. The zero-order chi connectivity index (χ0) is 37.4. The van der Waals surface area contributed by atoms with Crippen LogP contribution in [0.4, 0.5) is 0 Å². The summed E-state index contributed by atoms with van der Waals surface area (Å²) >= 11 is 0. The number of hydrogen-bond donors (Lipinski definition) is 1. The Hall–Kier alpha value is -4.19. The molecule has 10 nitrogen and oxygen atoms in total. The molecule has 4 unspecified atom stereocenters. The fourth-order valence-corrected chi connectivity index (χ4v) is 10.9. The second-order valence-electron chi connectivity index (χ2n) is 16.8. The molecule has 1 aromatic heterocycles. The number of likely N-dealkylation sites (tertiary alicyclic amines) is 2. The molecule has 0 spiro atoms. The number of piperidine rings is 1. The molecule has 5 aliphatic rings. The van der Waals surface area contributed by atoms with E-state index in [-0.39, 0.29) is 23.4 Å². The Morgan fingerprint density at radius 1 is 0.944 bits per heavy atom. The number of carbonyl (C=O) groups excluding carboxylic acids is 2. The van der Waals surface area contributed by atoms with Gasteiger partial charge < -0.3 is 19.1 Å². The summed E-state index contributed by atoms with van der Waals surface area (Å²) in [6, 6.07) is 22.5. The monoisotopic (exact) mass is 749 g/mol. The van der Waals surface area contributed by atoms with Gasteiger partial charge in [0.15, 0.2) is 0 Å². The summed E-state index contributed by atoms with van der Waals surface area (Å²) in [4.78, 5) is 33.4. The van der Waals surface area contributed by atoms with Gasteiger partial charge in [0.25, 0.3) is 5.91 Å². The third-order valence-electron chi connectivity index (χ3n) is 13.1. The number of likely N-dealkylation sites (N-methyl/N-ethyl adjacent to an activating group) is 1. The molecular formula is C43H51N5O5S. The molecular weight excluding hydrogens is 699 g/mol. The molecule has 4 aromatic rings.